The standard InChI is InChI=1S/C12H24N2O/c1-9(2)13-11-7-5-6-8-14(10(3)4)12(11)15/h9-11,13H,5-8H2,1-4H3. The molecule has 1 heterocycles. The molecule has 1 unspecified atom stereocenters. The van der Waals surface area contributed by atoms with Crippen LogP contribution in [0.4, 0.5) is 0 Å². The van der Waals surface area contributed by atoms with E-state index in [1.165, 1.54) is 0 Å². The summed E-state index contributed by atoms with van der Waals surface area (Å²) in [5.41, 5.74) is 0. The van der Waals surface area contributed by atoms with Gasteiger partial charge in [0.1, 0.15) is 0 Å². The monoisotopic (exact) mass is 212 g/mol. The Morgan fingerprint density at radius 1 is 1.27 bits per heavy atom. The van der Waals surface area contributed by atoms with Crippen LogP contribution in [-0.4, -0.2) is 35.5 Å². The molecule has 0 aromatic rings. The lowest BCUT2D eigenvalue weighted by molar-refractivity contribution is -0.134. The van der Waals surface area contributed by atoms with Gasteiger partial charge in [0.05, 0.1) is 6.04 Å². The summed E-state index contributed by atoms with van der Waals surface area (Å²) in [5.74, 6) is 0.288. The molecule has 3 nitrogen and oxygen atoms in total. The van der Waals surface area contributed by atoms with Gasteiger partial charge < -0.3 is 10.2 Å². The highest BCUT2D eigenvalue weighted by Gasteiger charge is 2.28. The van der Waals surface area contributed by atoms with E-state index in [0.29, 0.717) is 12.1 Å². The van der Waals surface area contributed by atoms with Gasteiger partial charge >= 0.3 is 0 Å². The number of carbonyl (C=O) groups is 1. The van der Waals surface area contributed by atoms with E-state index < -0.39 is 0 Å². The minimum Gasteiger partial charge on any atom is -0.339 e. The summed E-state index contributed by atoms with van der Waals surface area (Å²) < 4.78 is 0. The lowest BCUT2D eigenvalue weighted by Gasteiger charge is -2.29. The van der Waals surface area contributed by atoms with Crippen LogP contribution in [0.3, 0.4) is 0 Å². The van der Waals surface area contributed by atoms with Gasteiger partial charge in [-0.15, -0.1) is 0 Å². The molecule has 0 spiro atoms. The molecule has 0 aromatic carbocycles. The minimum absolute atomic E-state index is 0.0369. The van der Waals surface area contributed by atoms with Crippen LogP contribution in [0.15, 0.2) is 0 Å². The second-order valence-electron chi connectivity index (χ2n) is 5.00. The molecule has 0 bridgehead atoms. The Labute approximate surface area is 93.2 Å². The van der Waals surface area contributed by atoms with E-state index in [1.807, 2.05) is 4.90 Å². The maximum absolute atomic E-state index is 12.2. The van der Waals surface area contributed by atoms with Crippen LogP contribution in [0.25, 0.3) is 0 Å². The van der Waals surface area contributed by atoms with Gasteiger partial charge in [0.2, 0.25) is 5.91 Å². The highest BCUT2D eigenvalue weighted by molar-refractivity contribution is 5.82. The Morgan fingerprint density at radius 2 is 1.93 bits per heavy atom. The molecule has 1 amide bonds. The summed E-state index contributed by atoms with van der Waals surface area (Å²) in [7, 11) is 0. The lowest BCUT2D eigenvalue weighted by atomic mass is 10.1. The molecule has 15 heavy (non-hydrogen) atoms. The third-order valence-electron chi connectivity index (χ3n) is 2.88. The minimum atomic E-state index is 0.0369. The smallest absolute Gasteiger partial charge is 0.239 e. The Hall–Kier alpha value is -0.570. The zero-order valence-electron chi connectivity index (χ0n) is 10.4. The summed E-state index contributed by atoms with van der Waals surface area (Å²) >= 11 is 0. The first-order valence-corrected chi connectivity index (χ1v) is 6.09. The summed E-state index contributed by atoms with van der Waals surface area (Å²) in [6.07, 6.45) is 3.28. The largest absolute Gasteiger partial charge is 0.339 e. The van der Waals surface area contributed by atoms with Crippen LogP contribution in [-0.2, 0) is 4.79 Å². The average Bonchev–Trinajstić information content (AvgIpc) is 2.29. The average molecular weight is 212 g/mol. The fraction of sp³-hybridized carbons (Fsp3) is 0.917. The number of rotatable bonds is 3. The van der Waals surface area contributed by atoms with Gasteiger partial charge in [0.25, 0.3) is 0 Å². The van der Waals surface area contributed by atoms with Gasteiger partial charge in [0, 0.05) is 18.6 Å². The van der Waals surface area contributed by atoms with E-state index in [-0.39, 0.29) is 11.9 Å². The van der Waals surface area contributed by atoms with Crippen LogP contribution >= 0.6 is 0 Å². The third kappa shape index (κ3) is 3.49. The molecule has 1 N–H and O–H groups in total. The maximum Gasteiger partial charge on any atom is 0.239 e. The summed E-state index contributed by atoms with van der Waals surface area (Å²) in [6, 6.07) is 0.744. The Kier molecular flexibility index (Phi) is 4.58. The van der Waals surface area contributed by atoms with Gasteiger partial charge in [-0.05, 0) is 33.1 Å². The van der Waals surface area contributed by atoms with Gasteiger partial charge in [-0.3, -0.25) is 4.79 Å². The van der Waals surface area contributed by atoms with E-state index in [9.17, 15) is 4.79 Å². The van der Waals surface area contributed by atoms with E-state index >= 15 is 0 Å². The molecule has 1 rings (SSSR count). The molecule has 3 heteroatoms. The molecule has 0 saturated carbocycles. The second-order valence-corrected chi connectivity index (χ2v) is 5.00. The molecule has 1 aliphatic heterocycles. The zero-order chi connectivity index (χ0) is 11.4. The van der Waals surface area contributed by atoms with Crippen LogP contribution in [0.2, 0.25) is 0 Å². The first kappa shape index (κ1) is 12.5. The first-order valence-electron chi connectivity index (χ1n) is 6.09. The third-order valence-corrected chi connectivity index (χ3v) is 2.88. The van der Waals surface area contributed by atoms with Crippen molar-refractivity contribution in [2.45, 2.75) is 65.1 Å². The molecule has 1 aliphatic rings. The lowest BCUT2D eigenvalue weighted by Crippen LogP contribution is -2.49. The number of carbonyl (C=O) groups excluding carboxylic acids is 1. The second kappa shape index (κ2) is 5.50. The molecule has 88 valence electrons. The number of amides is 1. The molecule has 1 atom stereocenters. The fourth-order valence-corrected chi connectivity index (χ4v) is 2.13. The zero-order valence-corrected chi connectivity index (χ0v) is 10.4. The fourth-order valence-electron chi connectivity index (χ4n) is 2.13. The molecular weight excluding hydrogens is 188 g/mol. The van der Waals surface area contributed by atoms with Crippen LogP contribution in [0.1, 0.15) is 47.0 Å². The van der Waals surface area contributed by atoms with Crippen LogP contribution in [0, 0.1) is 0 Å². The predicted molar refractivity (Wildman–Crippen MR) is 62.8 cm³/mol. The number of likely N-dealkylation sites (tertiary alicyclic amines) is 1. The molecule has 0 radical (unpaired) electrons. The van der Waals surface area contributed by atoms with Crippen molar-refractivity contribution in [3.05, 3.63) is 0 Å². The van der Waals surface area contributed by atoms with Crippen LogP contribution < -0.4 is 5.32 Å². The number of nitrogens with zero attached hydrogens (tertiary/aromatic N) is 1. The first-order chi connectivity index (χ1) is 7.02. The summed E-state index contributed by atoms with van der Waals surface area (Å²) in [4.78, 5) is 14.2. The van der Waals surface area contributed by atoms with Crippen molar-refractivity contribution in [1.29, 1.82) is 0 Å². The predicted octanol–water partition coefficient (Wildman–Crippen LogP) is 1.77. The molecule has 1 saturated heterocycles. The van der Waals surface area contributed by atoms with Crippen molar-refractivity contribution in [2.75, 3.05) is 6.54 Å². The van der Waals surface area contributed by atoms with Gasteiger partial charge in [-0.1, -0.05) is 13.8 Å². The highest BCUT2D eigenvalue weighted by atomic mass is 16.2. The quantitative estimate of drug-likeness (QED) is 0.773. The maximum atomic E-state index is 12.2. The molecule has 0 aliphatic carbocycles. The van der Waals surface area contributed by atoms with Gasteiger partial charge in [-0.25, -0.2) is 0 Å². The Morgan fingerprint density at radius 3 is 2.47 bits per heavy atom. The van der Waals surface area contributed by atoms with Crippen molar-refractivity contribution in [1.82, 2.24) is 10.2 Å². The molecule has 1 fully saturated rings. The summed E-state index contributed by atoms with van der Waals surface area (Å²) in [5, 5.41) is 3.37. The van der Waals surface area contributed by atoms with Crippen molar-refractivity contribution in [3.8, 4) is 0 Å². The van der Waals surface area contributed by atoms with E-state index in [0.717, 1.165) is 25.8 Å². The number of hydrogen-bond acceptors (Lipinski definition) is 2. The van der Waals surface area contributed by atoms with E-state index in [2.05, 4.69) is 33.0 Å². The van der Waals surface area contributed by atoms with Gasteiger partial charge in [0.15, 0.2) is 0 Å². The van der Waals surface area contributed by atoms with E-state index in [1.54, 1.807) is 0 Å². The van der Waals surface area contributed by atoms with Crippen molar-refractivity contribution < 1.29 is 4.79 Å². The SMILES string of the molecule is CC(C)NC1CCCCN(C(C)C)C1=O. The Bertz CT molecular complexity index is 214. The topological polar surface area (TPSA) is 32.3 Å². The Balaban J connectivity index is 2.66. The summed E-state index contributed by atoms with van der Waals surface area (Å²) in [6.45, 7) is 9.30. The molecular formula is C12H24N2O. The van der Waals surface area contributed by atoms with E-state index in [4.69, 9.17) is 0 Å². The van der Waals surface area contributed by atoms with Gasteiger partial charge in [-0.2, -0.15) is 0 Å². The van der Waals surface area contributed by atoms with Crippen molar-refractivity contribution in [3.63, 3.8) is 0 Å². The highest BCUT2D eigenvalue weighted by Crippen LogP contribution is 2.15. The van der Waals surface area contributed by atoms with Crippen molar-refractivity contribution in [2.24, 2.45) is 0 Å². The normalized spacial score (nSPS) is 23.7. The number of hydrogen-bond donors (Lipinski definition) is 1. The number of nitrogens with one attached hydrogen (secondary N) is 1. The van der Waals surface area contributed by atoms with Crippen molar-refractivity contribution >= 4 is 5.91 Å². The molecule has 0 aromatic heterocycles. The van der Waals surface area contributed by atoms with Crippen LogP contribution in [0.5, 0.6) is 0 Å².